The van der Waals surface area contributed by atoms with Crippen LogP contribution in [0.4, 0.5) is 17.1 Å². The summed E-state index contributed by atoms with van der Waals surface area (Å²) in [4.78, 5) is 28.0. The Morgan fingerprint density at radius 3 is 2.16 bits per heavy atom. The van der Waals surface area contributed by atoms with E-state index in [-0.39, 0.29) is 11.8 Å². The maximum Gasteiger partial charge on any atom is 0.255 e. The summed E-state index contributed by atoms with van der Waals surface area (Å²) < 4.78 is 0. The molecule has 0 aliphatic rings. The van der Waals surface area contributed by atoms with Crippen molar-refractivity contribution < 1.29 is 9.59 Å². The highest BCUT2D eigenvalue weighted by Gasteiger charge is 2.09. The average Bonchev–Trinajstić information content (AvgIpc) is 2.54. The third-order valence-corrected chi connectivity index (χ3v) is 3.49. The molecule has 0 aromatic heterocycles. The van der Waals surface area contributed by atoms with E-state index in [1.54, 1.807) is 35.2 Å². The number of nitrogens with zero attached hydrogens (tertiary/aromatic N) is 2. The highest BCUT2D eigenvalue weighted by Crippen LogP contribution is 2.18. The summed E-state index contributed by atoms with van der Waals surface area (Å²) in [5.41, 5.74) is 2.81. The summed E-state index contributed by atoms with van der Waals surface area (Å²) in [7, 11) is 7.52. The minimum absolute atomic E-state index is 0.104. The van der Waals surface area contributed by atoms with Crippen LogP contribution in [0, 0.1) is 0 Å². The first kappa shape index (κ1) is 18.5. The molecule has 0 fully saturated rings. The Balaban J connectivity index is 2.07. The van der Waals surface area contributed by atoms with Crippen molar-refractivity contribution in [3.05, 3.63) is 54.1 Å². The van der Waals surface area contributed by atoms with Crippen LogP contribution >= 0.6 is 0 Å². The topological polar surface area (TPSA) is 64.7 Å². The van der Waals surface area contributed by atoms with Gasteiger partial charge in [-0.25, -0.2) is 0 Å². The molecule has 2 rings (SSSR count). The number of hydrogen-bond donors (Lipinski definition) is 2. The van der Waals surface area contributed by atoms with Gasteiger partial charge in [0.15, 0.2) is 0 Å². The van der Waals surface area contributed by atoms with Gasteiger partial charge in [0.25, 0.3) is 5.91 Å². The molecule has 2 aromatic rings. The predicted molar refractivity (Wildman–Crippen MR) is 102 cm³/mol. The largest absolute Gasteiger partial charge is 0.378 e. The van der Waals surface area contributed by atoms with Gasteiger partial charge in [0.05, 0.1) is 6.54 Å². The molecule has 0 atom stereocenters. The summed E-state index contributed by atoms with van der Waals surface area (Å²) in [5.74, 6) is -0.298. The van der Waals surface area contributed by atoms with Gasteiger partial charge >= 0.3 is 0 Å². The second-order valence-electron chi connectivity index (χ2n) is 6.27. The number of benzene rings is 2. The number of rotatable bonds is 6. The van der Waals surface area contributed by atoms with Crippen molar-refractivity contribution in [2.75, 3.05) is 50.3 Å². The van der Waals surface area contributed by atoms with Crippen molar-refractivity contribution in [1.29, 1.82) is 0 Å². The van der Waals surface area contributed by atoms with E-state index in [4.69, 9.17) is 0 Å². The Morgan fingerprint density at radius 1 is 0.880 bits per heavy atom. The van der Waals surface area contributed by atoms with Gasteiger partial charge in [-0.3, -0.25) is 9.59 Å². The van der Waals surface area contributed by atoms with E-state index in [2.05, 4.69) is 10.6 Å². The predicted octanol–water partition coefficient (Wildman–Crippen LogP) is 2.51. The Labute approximate surface area is 148 Å². The lowest BCUT2D eigenvalue weighted by Gasteiger charge is -2.14. The van der Waals surface area contributed by atoms with Crippen LogP contribution in [0.3, 0.4) is 0 Å². The van der Waals surface area contributed by atoms with Gasteiger partial charge in [0, 0.05) is 36.7 Å². The third-order valence-electron chi connectivity index (χ3n) is 3.49. The molecular formula is C19H24N4O2. The number of amides is 2. The second-order valence-corrected chi connectivity index (χ2v) is 6.27. The van der Waals surface area contributed by atoms with Gasteiger partial charge in [-0.05, 0) is 50.5 Å². The molecule has 0 radical (unpaired) electrons. The molecule has 0 saturated carbocycles. The Morgan fingerprint density at radius 2 is 1.52 bits per heavy atom. The molecule has 0 saturated heterocycles. The summed E-state index contributed by atoms with van der Waals surface area (Å²) >= 11 is 0. The van der Waals surface area contributed by atoms with Gasteiger partial charge in [-0.1, -0.05) is 12.1 Å². The Hall–Kier alpha value is -2.86. The van der Waals surface area contributed by atoms with Crippen LogP contribution in [0.25, 0.3) is 0 Å². The number of hydrogen-bond acceptors (Lipinski definition) is 4. The molecule has 6 heteroatoms. The minimum Gasteiger partial charge on any atom is -0.378 e. The summed E-state index contributed by atoms with van der Waals surface area (Å²) in [6, 6.07) is 14.5. The van der Waals surface area contributed by atoms with Gasteiger partial charge in [-0.2, -0.15) is 0 Å². The first-order valence-corrected chi connectivity index (χ1v) is 7.98. The van der Waals surface area contributed by atoms with E-state index in [0.717, 1.165) is 5.69 Å². The normalized spacial score (nSPS) is 10.4. The molecule has 132 valence electrons. The molecule has 0 aliphatic heterocycles. The van der Waals surface area contributed by atoms with Crippen molar-refractivity contribution >= 4 is 28.9 Å². The zero-order chi connectivity index (χ0) is 18.4. The molecule has 2 amide bonds. The maximum atomic E-state index is 12.4. The summed E-state index contributed by atoms with van der Waals surface area (Å²) in [6.45, 7) is 0.300. The molecule has 0 spiro atoms. The molecule has 2 N–H and O–H groups in total. The van der Waals surface area contributed by atoms with Crippen LogP contribution in [0.15, 0.2) is 48.5 Å². The quantitative estimate of drug-likeness (QED) is 0.848. The number of carbonyl (C=O) groups is 2. The highest BCUT2D eigenvalue weighted by molar-refractivity contribution is 6.05. The SMILES string of the molecule is CN(C)CC(=O)Nc1cccc(NC(=O)c2cccc(N(C)C)c2)c1. The van der Waals surface area contributed by atoms with Crippen molar-refractivity contribution in [2.24, 2.45) is 0 Å². The maximum absolute atomic E-state index is 12.4. The van der Waals surface area contributed by atoms with E-state index in [1.165, 1.54) is 0 Å². The van der Waals surface area contributed by atoms with E-state index in [1.807, 2.05) is 51.3 Å². The fourth-order valence-electron chi connectivity index (χ4n) is 2.29. The third kappa shape index (κ3) is 5.61. The van der Waals surface area contributed by atoms with E-state index in [9.17, 15) is 9.59 Å². The van der Waals surface area contributed by atoms with Gasteiger partial charge < -0.3 is 20.4 Å². The molecule has 2 aromatic carbocycles. The van der Waals surface area contributed by atoms with Gasteiger partial charge in [-0.15, -0.1) is 0 Å². The van der Waals surface area contributed by atoms with Gasteiger partial charge in [0.1, 0.15) is 0 Å². The van der Waals surface area contributed by atoms with E-state index in [0.29, 0.717) is 23.5 Å². The zero-order valence-corrected chi connectivity index (χ0v) is 15.0. The molecule has 0 heterocycles. The Bertz CT molecular complexity index is 757. The van der Waals surface area contributed by atoms with Crippen LogP contribution < -0.4 is 15.5 Å². The number of likely N-dealkylation sites (N-methyl/N-ethyl adjacent to an activating group) is 1. The van der Waals surface area contributed by atoms with Crippen LogP contribution in [0.2, 0.25) is 0 Å². The lowest BCUT2D eigenvalue weighted by atomic mass is 10.1. The first-order valence-electron chi connectivity index (χ1n) is 7.98. The summed E-state index contributed by atoms with van der Waals surface area (Å²) in [6.07, 6.45) is 0. The van der Waals surface area contributed by atoms with Crippen LogP contribution in [-0.4, -0.2) is 51.4 Å². The Kier molecular flexibility index (Phi) is 6.14. The van der Waals surface area contributed by atoms with Crippen molar-refractivity contribution in [2.45, 2.75) is 0 Å². The minimum atomic E-state index is -0.194. The molecule has 0 aliphatic carbocycles. The zero-order valence-electron chi connectivity index (χ0n) is 15.0. The van der Waals surface area contributed by atoms with Gasteiger partial charge in [0.2, 0.25) is 5.91 Å². The standard InChI is InChI=1S/C19H24N4O2/c1-22(2)13-18(24)20-15-8-6-9-16(12-15)21-19(25)14-7-5-10-17(11-14)23(3)4/h5-12H,13H2,1-4H3,(H,20,24)(H,21,25). The highest BCUT2D eigenvalue weighted by atomic mass is 16.2. The fraction of sp³-hybridized carbons (Fsp3) is 0.263. The van der Waals surface area contributed by atoms with Crippen molar-refractivity contribution in [1.82, 2.24) is 4.90 Å². The molecule has 0 unspecified atom stereocenters. The van der Waals surface area contributed by atoms with Crippen molar-refractivity contribution in [3.63, 3.8) is 0 Å². The smallest absolute Gasteiger partial charge is 0.255 e. The van der Waals surface area contributed by atoms with Crippen molar-refractivity contribution in [3.8, 4) is 0 Å². The number of carbonyl (C=O) groups excluding carboxylic acids is 2. The van der Waals surface area contributed by atoms with Crippen LogP contribution in [0.5, 0.6) is 0 Å². The van der Waals surface area contributed by atoms with Crippen LogP contribution in [-0.2, 0) is 4.79 Å². The average molecular weight is 340 g/mol. The van der Waals surface area contributed by atoms with E-state index >= 15 is 0 Å². The number of anilines is 3. The molecular weight excluding hydrogens is 316 g/mol. The first-order chi connectivity index (χ1) is 11.8. The van der Waals surface area contributed by atoms with Crippen LogP contribution in [0.1, 0.15) is 10.4 Å². The number of nitrogens with one attached hydrogen (secondary N) is 2. The fourth-order valence-corrected chi connectivity index (χ4v) is 2.29. The molecule has 25 heavy (non-hydrogen) atoms. The lowest BCUT2D eigenvalue weighted by molar-refractivity contribution is -0.116. The molecule has 6 nitrogen and oxygen atoms in total. The molecule has 0 bridgehead atoms. The second kappa shape index (κ2) is 8.30. The summed E-state index contributed by atoms with van der Waals surface area (Å²) in [5, 5.41) is 5.67. The lowest BCUT2D eigenvalue weighted by Crippen LogP contribution is -2.27. The van der Waals surface area contributed by atoms with E-state index < -0.39 is 0 Å². The monoisotopic (exact) mass is 340 g/mol.